The smallest absolute Gasteiger partial charge is 0.338 e. The number of anilines is 1. The largest absolute Gasteiger partial charge is 0.489 e. The summed E-state index contributed by atoms with van der Waals surface area (Å²) in [5, 5.41) is 10.8. The summed E-state index contributed by atoms with van der Waals surface area (Å²) in [5.41, 5.74) is 7.23. The lowest BCUT2D eigenvalue weighted by Crippen LogP contribution is -2.13. The van der Waals surface area contributed by atoms with Gasteiger partial charge >= 0.3 is 5.97 Å². The molecule has 0 unspecified atom stereocenters. The maximum Gasteiger partial charge on any atom is 0.338 e. The van der Waals surface area contributed by atoms with Crippen molar-refractivity contribution < 1.29 is 19.2 Å². The first-order valence-corrected chi connectivity index (χ1v) is 7.30. The number of esters is 1. The van der Waals surface area contributed by atoms with Gasteiger partial charge in [-0.15, -0.1) is 0 Å². The van der Waals surface area contributed by atoms with E-state index in [1.54, 1.807) is 0 Å². The summed E-state index contributed by atoms with van der Waals surface area (Å²) >= 11 is 0. The Labute approximate surface area is 139 Å². The highest BCUT2D eigenvalue weighted by molar-refractivity contribution is 5.91. The minimum Gasteiger partial charge on any atom is -0.489 e. The van der Waals surface area contributed by atoms with Crippen molar-refractivity contribution in [1.29, 1.82) is 0 Å². The van der Waals surface area contributed by atoms with Gasteiger partial charge in [-0.05, 0) is 37.1 Å². The Hall–Kier alpha value is -3.09. The maximum atomic E-state index is 11.9. The molecule has 2 aromatic rings. The first-order valence-electron chi connectivity index (χ1n) is 7.30. The van der Waals surface area contributed by atoms with Crippen molar-refractivity contribution in [2.75, 3.05) is 18.9 Å². The van der Waals surface area contributed by atoms with Crippen molar-refractivity contribution in [1.82, 2.24) is 0 Å². The fraction of sp³-hybridized carbons (Fsp3) is 0.235. The maximum absolute atomic E-state index is 11.9. The van der Waals surface area contributed by atoms with E-state index in [2.05, 4.69) is 0 Å². The molecule has 0 atom stereocenters. The minimum absolute atomic E-state index is 0.00471. The number of nitro benzene ring substituents is 1. The summed E-state index contributed by atoms with van der Waals surface area (Å²) in [6.45, 7) is 4.09. The predicted molar refractivity (Wildman–Crippen MR) is 89.2 cm³/mol. The van der Waals surface area contributed by atoms with Crippen LogP contribution in [0.25, 0.3) is 0 Å². The first-order chi connectivity index (χ1) is 11.4. The number of benzene rings is 2. The number of nitrogens with zero attached hydrogens (tertiary/aromatic N) is 1. The van der Waals surface area contributed by atoms with Gasteiger partial charge in [0.05, 0.1) is 10.5 Å². The quantitative estimate of drug-likeness (QED) is 0.287. The summed E-state index contributed by atoms with van der Waals surface area (Å²) in [4.78, 5) is 22.1. The molecule has 0 saturated carbocycles. The van der Waals surface area contributed by atoms with Crippen LogP contribution in [0, 0.1) is 24.0 Å². The van der Waals surface area contributed by atoms with Crippen molar-refractivity contribution in [2.45, 2.75) is 13.8 Å². The zero-order chi connectivity index (χ0) is 17.7. The molecule has 0 radical (unpaired) electrons. The molecule has 24 heavy (non-hydrogen) atoms. The van der Waals surface area contributed by atoms with Gasteiger partial charge in [0.2, 0.25) is 0 Å². The fourth-order valence-corrected chi connectivity index (χ4v) is 2.22. The molecule has 2 aromatic carbocycles. The Balaban J connectivity index is 1.92. The number of hydrogen-bond acceptors (Lipinski definition) is 6. The molecule has 0 aliphatic rings. The molecular formula is C17H18N2O5. The number of rotatable bonds is 6. The minimum atomic E-state index is -0.664. The number of aryl methyl sites for hydroxylation is 2. The van der Waals surface area contributed by atoms with Crippen LogP contribution < -0.4 is 10.5 Å². The topological polar surface area (TPSA) is 105 Å². The molecule has 0 fully saturated rings. The van der Waals surface area contributed by atoms with Crippen LogP contribution in [-0.2, 0) is 4.74 Å². The van der Waals surface area contributed by atoms with Gasteiger partial charge in [-0.2, -0.15) is 0 Å². The Morgan fingerprint density at radius 2 is 1.83 bits per heavy atom. The second kappa shape index (κ2) is 7.45. The monoisotopic (exact) mass is 330 g/mol. The van der Waals surface area contributed by atoms with Crippen LogP contribution in [0.1, 0.15) is 21.5 Å². The number of para-hydroxylation sites is 1. The van der Waals surface area contributed by atoms with Crippen molar-refractivity contribution in [3.05, 3.63) is 63.2 Å². The van der Waals surface area contributed by atoms with Gasteiger partial charge in [-0.25, -0.2) is 4.79 Å². The Kier molecular flexibility index (Phi) is 5.36. The molecule has 0 aliphatic heterocycles. The van der Waals surface area contributed by atoms with Crippen LogP contribution in [0.2, 0.25) is 0 Å². The molecule has 2 rings (SSSR count). The highest BCUT2D eigenvalue weighted by Gasteiger charge is 2.16. The van der Waals surface area contributed by atoms with Crippen LogP contribution >= 0.6 is 0 Å². The number of nitrogens with two attached hydrogens (primary N) is 1. The number of nitro groups is 1. The fourth-order valence-electron chi connectivity index (χ4n) is 2.22. The second-order valence-corrected chi connectivity index (χ2v) is 5.24. The molecule has 0 aromatic heterocycles. The van der Waals surface area contributed by atoms with Crippen molar-refractivity contribution >= 4 is 17.3 Å². The average molecular weight is 330 g/mol. The zero-order valence-electron chi connectivity index (χ0n) is 13.4. The highest BCUT2D eigenvalue weighted by atomic mass is 16.6. The van der Waals surface area contributed by atoms with Crippen LogP contribution in [0.4, 0.5) is 11.4 Å². The highest BCUT2D eigenvalue weighted by Crippen LogP contribution is 2.23. The van der Waals surface area contributed by atoms with Crippen molar-refractivity contribution in [3.63, 3.8) is 0 Å². The molecule has 0 saturated heterocycles. The lowest BCUT2D eigenvalue weighted by atomic mass is 10.1. The van der Waals surface area contributed by atoms with E-state index in [9.17, 15) is 14.9 Å². The molecule has 0 spiro atoms. The lowest BCUT2D eigenvalue weighted by molar-refractivity contribution is -0.383. The van der Waals surface area contributed by atoms with Gasteiger partial charge in [0.15, 0.2) is 0 Å². The third kappa shape index (κ3) is 4.01. The van der Waals surface area contributed by atoms with Crippen LogP contribution in [0.5, 0.6) is 5.75 Å². The second-order valence-electron chi connectivity index (χ2n) is 5.24. The predicted octanol–water partition coefficient (Wildman–Crippen LogP) is 3.03. The number of carbonyl (C=O) groups excluding carboxylic acids is 1. The molecule has 0 aliphatic carbocycles. The Morgan fingerprint density at radius 3 is 2.46 bits per heavy atom. The Morgan fingerprint density at radius 1 is 1.17 bits per heavy atom. The van der Waals surface area contributed by atoms with Gasteiger partial charge in [0.25, 0.3) is 5.69 Å². The SMILES string of the molecule is Cc1cccc(C)c1OCCOC(=O)c1ccc(N)c([N+](=O)[O-])c1. The number of ether oxygens (including phenoxy) is 2. The molecule has 2 N–H and O–H groups in total. The molecule has 0 amide bonds. The standard InChI is InChI=1S/C17H18N2O5/c1-11-4-3-5-12(2)16(11)23-8-9-24-17(20)13-6-7-14(18)15(10-13)19(21)22/h3-7,10H,8-9,18H2,1-2H3. The van der Waals surface area contributed by atoms with Crippen molar-refractivity contribution in [2.24, 2.45) is 0 Å². The summed E-state index contributed by atoms with van der Waals surface area (Å²) in [5.74, 6) is 0.0971. The van der Waals surface area contributed by atoms with E-state index < -0.39 is 10.9 Å². The lowest BCUT2D eigenvalue weighted by Gasteiger charge is -2.12. The molecular weight excluding hydrogens is 312 g/mol. The molecule has 0 bridgehead atoms. The molecule has 126 valence electrons. The molecule has 7 nitrogen and oxygen atoms in total. The van der Waals surface area contributed by atoms with Crippen molar-refractivity contribution in [3.8, 4) is 5.75 Å². The van der Waals surface area contributed by atoms with E-state index in [-0.39, 0.29) is 30.2 Å². The van der Waals surface area contributed by atoms with E-state index in [0.29, 0.717) is 0 Å². The third-order valence-electron chi connectivity index (χ3n) is 3.43. The number of hydrogen-bond donors (Lipinski definition) is 1. The van der Waals surface area contributed by atoms with Gasteiger partial charge in [0.1, 0.15) is 24.7 Å². The van der Waals surface area contributed by atoms with Gasteiger partial charge in [-0.3, -0.25) is 10.1 Å². The van der Waals surface area contributed by atoms with E-state index in [1.807, 2.05) is 32.0 Å². The van der Waals surface area contributed by atoms with Crippen LogP contribution in [0.3, 0.4) is 0 Å². The number of carbonyl (C=O) groups is 1. The first kappa shape index (κ1) is 17.3. The third-order valence-corrected chi connectivity index (χ3v) is 3.43. The summed E-state index contributed by atoms with van der Waals surface area (Å²) in [6.07, 6.45) is 0. The molecule has 0 heterocycles. The van der Waals surface area contributed by atoms with Crippen LogP contribution in [0.15, 0.2) is 36.4 Å². The van der Waals surface area contributed by atoms with Gasteiger partial charge in [0, 0.05) is 6.07 Å². The summed E-state index contributed by atoms with van der Waals surface area (Å²) in [6, 6.07) is 9.60. The van der Waals surface area contributed by atoms with Gasteiger partial charge < -0.3 is 15.2 Å². The zero-order valence-corrected chi connectivity index (χ0v) is 13.4. The van der Waals surface area contributed by atoms with E-state index in [1.165, 1.54) is 12.1 Å². The van der Waals surface area contributed by atoms with E-state index >= 15 is 0 Å². The average Bonchev–Trinajstić information content (AvgIpc) is 2.53. The summed E-state index contributed by atoms with van der Waals surface area (Å²) in [7, 11) is 0. The normalized spacial score (nSPS) is 10.2. The van der Waals surface area contributed by atoms with E-state index in [0.717, 1.165) is 22.9 Å². The van der Waals surface area contributed by atoms with E-state index in [4.69, 9.17) is 15.2 Å². The van der Waals surface area contributed by atoms with Gasteiger partial charge in [-0.1, -0.05) is 18.2 Å². The number of nitrogen functional groups attached to an aromatic ring is 1. The Bertz CT molecular complexity index is 753. The van der Waals surface area contributed by atoms with Crippen LogP contribution in [-0.4, -0.2) is 24.1 Å². The molecule has 7 heteroatoms. The summed E-state index contributed by atoms with van der Waals surface area (Å²) < 4.78 is 10.7.